The van der Waals surface area contributed by atoms with Gasteiger partial charge in [-0.3, -0.25) is 4.79 Å². The molecule has 0 aliphatic carbocycles. The van der Waals surface area contributed by atoms with E-state index in [1.807, 2.05) is 24.3 Å². The number of halogens is 2. The number of methoxy groups -OCH3 is 1. The summed E-state index contributed by atoms with van der Waals surface area (Å²) in [5.74, 6) is 0.484. The molecule has 0 spiro atoms. The monoisotopic (exact) mass is 351 g/mol. The maximum Gasteiger partial charge on any atom is 0.259 e. The van der Waals surface area contributed by atoms with Crippen LogP contribution in [0, 0.1) is 0 Å². The molecule has 2 aromatic rings. The fourth-order valence-corrected chi connectivity index (χ4v) is 1.99. The zero-order chi connectivity index (χ0) is 16.7. The van der Waals surface area contributed by atoms with Crippen molar-refractivity contribution in [2.45, 2.75) is 0 Å². The van der Waals surface area contributed by atoms with Crippen LogP contribution in [-0.4, -0.2) is 25.8 Å². The van der Waals surface area contributed by atoms with E-state index in [9.17, 15) is 4.79 Å². The maximum atomic E-state index is 11.7. The number of nitrogens with one attached hydrogen (secondary N) is 2. The Morgan fingerprint density at radius 1 is 1.17 bits per heavy atom. The van der Waals surface area contributed by atoms with Gasteiger partial charge < -0.3 is 10.1 Å². The van der Waals surface area contributed by atoms with Gasteiger partial charge >= 0.3 is 0 Å². The van der Waals surface area contributed by atoms with Crippen LogP contribution in [-0.2, 0) is 4.79 Å². The molecule has 0 fully saturated rings. The summed E-state index contributed by atoms with van der Waals surface area (Å²) in [5, 5.41) is 7.71. The van der Waals surface area contributed by atoms with Crippen LogP contribution >= 0.6 is 23.2 Å². The van der Waals surface area contributed by atoms with Crippen LogP contribution in [0.15, 0.2) is 47.6 Å². The molecule has 0 bridgehead atoms. The number of carbonyl (C=O) groups is 1. The minimum atomic E-state index is -0.277. The van der Waals surface area contributed by atoms with E-state index >= 15 is 0 Å². The van der Waals surface area contributed by atoms with Gasteiger partial charge in [-0.25, -0.2) is 5.43 Å². The van der Waals surface area contributed by atoms with E-state index in [1.165, 1.54) is 0 Å². The van der Waals surface area contributed by atoms with Crippen LogP contribution in [0.3, 0.4) is 0 Å². The van der Waals surface area contributed by atoms with Crippen molar-refractivity contribution in [3.63, 3.8) is 0 Å². The van der Waals surface area contributed by atoms with Crippen molar-refractivity contribution in [3.05, 3.63) is 58.1 Å². The molecule has 0 saturated carbocycles. The van der Waals surface area contributed by atoms with Gasteiger partial charge in [0.15, 0.2) is 0 Å². The molecule has 0 radical (unpaired) electrons. The van der Waals surface area contributed by atoms with Gasteiger partial charge in [0.05, 0.1) is 29.9 Å². The highest BCUT2D eigenvalue weighted by atomic mass is 35.5. The third-order valence-electron chi connectivity index (χ3n) is 2.89. The lowest BCUT2D eigenvalue weighted by Crippen LogP contribution is -2.25. The van der Waals surface area contributed by atoms with Gasteiger partial charge in [-0.05, 0) is 48.0 Å². The second kappa shape index (κ2) is 8.41. The lowest BCUT2D eigenvalue weighted by Gasteiger charge is -2.06. The summed E-state index contributed by atoms with van der Waals surface area (Å²) in [5.41, 5.74) is 3.99. The van der Waals surface area contributed by atoms with Crippen LogP contribution < -0.4 is 15.5 Å². The number of rotatable bonds is 6. The van der Waals surface area contributed by atoms with Crippen molar-refractivity contribution in [3.8, 4) is 5.75 Å². The van der Waals surface area contributed by atoms with Crippen molar-refractivity contribution < 1.29 is 9.53 Å². The van der Waals surface area contributed by atoms with Gasteiger partial charge in [-0.2, -0.15) is 5.10 Å². The summed E-state index contributed by atoms with van der Waals surface area (Å²) in [4.78, 5) is 11.7. The van der Waals surface area contributed by atoms with Crippen molar-refractivity contribution in [2.24, 2.45) is 5.10 Å². The van der Waals surface area contributed by atoms with Gasteiger partial charge in [0, 0.05) is 5.69 Å². The molecule has 120 valence electrons. The first kappa shape index (κ1) is 17.1. The number of carbonyl (C=O) groups excluding carboxylic acids is 1. The number of benzene rings is 2. The van der Waals surface area contributed by atoms with E-state index < -0.39 is 0 Å². The standard InChI is InChI=1S/C16H15Cl2N3O2/c1-23-13-5-2-11(3-6-13)9-20-21-16(22)10-19-12-4-7-14(17)15(18)8-12/h2-9,19H,10H2,1H3,(H,21,22)/b20-9+. The zero-order valence-corrected chi connectivity index (χ0v) is 13.9. The zero-order valence-electron chi connectivity index (χ0n) is 12.3. The molecular weight excluding hydrogens is 337 g/mol. The van der Waals surface area contributed by atoms with Crippen molar-refractivity contribution in [2.75, 3.05) is 19.0 Å². The Morgan fingerprint density at radius 3 is 2.57 bits per heavy atom. The number of hydrazone groups is 1. The molecule has 5 nitrogen and oxygen atoms in total. The highest BCUT2D eigenvalue weighted by Gasteiger charge is 2.02. The molecule has 2 aromatic carbocycles. The predicted molar refractivity (Wildman–Crippen MR) is 93.7 cm³/mol. The van der Waals surface area contributed by atoms with E-state index in [1.54, 1.807) is 31.5 Å². The summed E-state index contributed by atoms with van der Waals surface area (Å²) < 4.78 is 5.06. The van der Waals surface area contributed by atoms with Crippen LogP contribution in [0.2, 0.25) is 10.0 Å². The second-order valence-corrected chi connectivity index (χ2v) is 5.36. The fourth-order valence-electron chi connectivity index (χ4n) is 1.70. The first-order valence-electron chi connectivity index (χ1n) is 6.73. The number of anilines is 1. The molecule has 2 rings (SSSR count). The van der Waals surface area contributed by atoms with Crippen LogP contribution in [0.25, 0.3) is 0 Å². The number of amides is 1. The SMILES string of the molecule is COc1ccc(/C=N/NC(=O)CNc2ccc(Cl)c(Cl)c2)cc1. The van der Waals surface area contributed by atoms with Crippen molar-refractivity contribution in [1.29, 1.82) is 0 Å². The number of hydrogen-bond acceptors (Lipinski definition) is 4. The summed E-state index contributed by atoms with van der Waals surface area (Å²) in [7, 11) is 1.60. The van der Waals surface area contributed by atoms with Gasteiger partial charge in [0.2, 0.25) is 0 Å². The fraction of sp³-hybridized carbons (Fsp3) is 0.125. The summed E-state index contributed by atoms with van der Waals surface area (Å²) in [6, 6.07) is 12.3. The minimum Gasteiger partial charge on any atom is -0.497 e. The van der Waals surface area contributed by atoms with Gasteiger partial charge in [0.1, 0.15) is 5.75 Å². The quantitative estimate of drug-likeness (QED) is 0.617. The van der Waals surface area contributed by atoms with Crippen molar-refractivity contribution >= 4 is 41.0 Å². The third kappa shape index (κ3) is 5.47. The van der Waals surface area contributed by atoms with E-state index in [-0.39, 0.29) is 12.5 Å². The Balaban J connectivity index is 1.79. The second-order valence-electron chi connectivity index (χ2n) is 4.55. The molecule has 0 aliphatic heterocycles. The van der Waals surface area contributed by atoms with Gasteiger partial charge in [0.25, 0.3) is 5.91 Å². The first-order valence-corrected chi connectivity index (χ1v) is 7.49. The molecule has 0 aromatic heterocycles. The average Bonchev–Trinajstić information content (AvgIpc) is 2.56. The molecule has 0 saturated heterocycles. The number of nitrogens with zero attached hydrogens (tertiary/aromatic N) is 1. The molecule has 0 unspecified atom stereocenters. The minimum absolute atomic E-state index is 0.0674. The van der Waals surface area contributed by atoms with E-state index in [0.29, 0.717) is 15.7 Å². The molecule has 0 heterocycles. The molecular formula is C16H15Cl2N3O2. The maximum absolute atomic E-state index is 11.7. The number of ether oxygens (including phenoxy) is 1. The molecule has 23 heavy (non-hydrogen) atoms. The van der Waals surface area contributed by atoms with E-state index in [2.05, 4.69) is 15.8 Å². The molecule has 0 aliphatic rings. The molecule has 7 heteroatoms. The largest absolute Gasteiger partial charge is 0.497 e. The van der Waals surface area contributed by atoms with Gasteiger partial charge in [-0.15, -0.1) is 0 Å². The Bertz CT molecular complexity index is 703. The first-order chi connectivity index (χ1) is 11.1. The highest BCUT2D eigenvalue weighted by Crippen LogP contribution is 2.24. The Kier molecular flexibility index (Phi) is 6.26. The lowest BCUT2D eigenvalue weighted by atomic mass is 10.2. The summed E-state index contributed by atoms with van der Waals surface area (Å²) in [6.07, 6.45) is 1.55. The lowest BCUT2D eigenvalue weighted by molar-refractivity contribution is -0.119. The smallest absolute Gasteiger partial charge is 0.259 e. The molecule has 1 amide bonds. The third-order valence-corrected chi connectivity index (χ3v) is 3.63. The normalized spacial score (nSPS) is 10.6. The Hall–Kier alpha value is -2.24. The van der Waals surface area contributed by atoms with Crippen LogP contribution in [0.1, 0.15) is 5.56 Å². The number of hydrogen-bond donors (Lipinski definition) is 2. The predicted octanol–water partition coefficient (Wildman–Crippen LogP) is 3.56. The van der Waals surface area contributed by atoms with Crippen LogP contribution in [0.5, 0.6) is 5.75 Å². The van der Waals surface area contributed by atoms with Gasteiger partial charge in [-0.1, -0.05) is 23.2 Å². The molecule has 0 atom stereocenters. The van der Waals surface area contributed by atoms with E-state index in [0.717, 1.165) is 11.3 Å². The summed E-state index contributed by atoms with van der Waals surface area (Å²) in [6.45, 7) is 0.0674. The Labute approximate surface area is 144 Å². The van der Waals surface area contributed by atoms with Crippen molar-refractivity contribution in [1.82, 2.24) is 5.43 Å². The molecule has 2 N–H and O–H groups in total. The Morgan fingerprint density at radius 2 is 1.91 bits per heavy atom. The summed E-state index contributed by atoms with van der Waals surface area (Å²) >= 11 is 11.7. The topological polar surface area (TPSA) is 62.7 Å². The highest BCUT2D eigenvalue weighted by molar-refractivity contribution is 6.42. The average molecular weight is 352 g/mol. The van der Waals surface area contributed by atoms with E-state index in [4.69, 9.17) is 27.9 Å². The van der Waals surface area contributed by atoms with Crippen LogP contribution in [0.4, 0.5) is 5.69 Å².